The lowest BCUT2D eigenvalue weighted by Gasteiger charge is -2.38. The molecule has 4 heteroatoms. The fourth-order valence-corrected chi connectivity index (χ4v) is 2.79. The van der Waals surface area contributed by atoms with Crippen molar-refractivity contribution in [2.24, 2.45) is 0 Å². The van der Waals surface area contributed by atoms with Crippen molar-refractivity contribution in [2.75, 3.05) is 12.4 Å². The number of carbonyl (C=O) groups is 1. The quantitative estimate of drug-likeness (QED) is 0.877. The van der Waals surface area contributed by atoms with Crippen LogP contribution in [0.1, 0.15) is 31.2 Å². The molecule has 4 nitrogen and oxygen atoms in total. The third kappa shape index (κ3) is 3.07. The van der Waals surface area contributed by atoms with Gasteiger partial charge in [-0.25, -0.2) is 4.79 Å². The molecule has 1 saturated carbocycles. The molecule has 1 aliphatic carbocycles. The number of ether oxygens (including phenoxy) is 1. The normalized spacial score (nSPS) is 26.9. The lowest BCUT2D eigenvalue weighted by Crippen LogP contribution is -2.51. The zero-order valence-corrected chi connectivity index (χ0v) is 11.5. The topological polar surface area (TPSA) is 58.6 Å². The molecule has 0 heterocycles. The van der Waals surface area contributed by atoms with E-state index in [1.165, 1.54) is 0 Å². The van der Waals surface area contributed by atoms with Crippen LogP contribution in [0.3, 0.4) is 0 Å². The van der Waals surface area contributed by atoms with Crippen molar-refractivity contribution < 1.29 is 14.6 Å². The third-order valence-electron chi connectivity index (χ3n) is 3.85. The first-order valence-electron chi connectivity index (χ1n) is 6.67. The Balaban J connectivity index is 2.22. The van der Waals surface area contributed by atoms with E-state index in [0.717, 1.165) is 24.1 Å². The summed E-state index contributed by atoms with van der Waals surface area (Å²) in [6.45, 7) is 2.00. The number of carboxylic acid groups (broad SMARTS) is 1. The van der Waals surface area contributed by atoms with Crippen LogP contribution in [0.2, 0.25) is 0 Å². The number of carboxylic acids is 1. The number of aliphatic carboxylic acids is 1. The van der Waals surface area contributed by atoms with Crippen LogP contribution in [0.25, 0.3) is 0 Å². The molecule has 2 unspecified atom stereocenters. The number of methoxy groups -OCH3 is 1. The number of aryl methyl sites for hydroxylation is 1. The molecule has 19 heavy (non-hydrogen) atoms. The molecular weight excluding hydrogens is 242 g/mol. The highest BCUT2D eigenvalue weighted by molar-refractivity contribution is 5.83. The van der Waals surface area contributed by atoms with Crippen LogP contribution in [-0.2, 0) is 9.53 Å². The summed E-state index contributed by atoms with van der Waals surface area (Å²) in [4.78, 5) is 11.7. The van der Waals surface area contributed by atoms with Crippen molar-refractivity contribution >= 4 is 11.7 Å². The molecule has 0 aliphatic heterocycles. The van der Waals surface area contributed by atoms with Gasteiger partial charge >= 0.3 is 5.97 Å². The SMILES string of the molecule is COC1CCCC(Nc2cccc(C)c2)(C(=O)O)C1. The molecule has 2 N–H and O–H groups in total. The minimum Gasteiger partial charge on any atom is -0.480 e. The second kappa shape index (κ2) is 5.61. The first-order valence-corrected chi connectivity index (χ1v) is 6.67. The smallest absolute Gasteiger partial charge is 0.329 e. The first-order chi connectivity index (χ1) is 9.05. The van der Waals surface area contributed by atoms with E-state index in [2.05, 4.69) is 5.32 Å². The Labute approximate surface area is 113 Å². The van der Waals surface area contributed by atoms with Crippen LogP contribution in [0.4, 0.5) is 5.69 Å². The summed E-state index contributed by atoms with van der Waals surface area (Å²) in [5.74, 6) is -0.796. The van der Waals surface area contributed by atoms with E-state index in [9.17, 15) is 9.90 Å². The Bertz CT molecular complexity index is 460. The predicted octanol–water partition coefficient (Wildman–Crippen LogP) is 2.82. The number of nitrogens with one attached hydrogen (secondary N) is 1. The molecule has 104 valence electrons. The number of hydrogen-bond donors (Lipinski definition) is 2. The van der Waals surface area contributed by atoms with Crippen molar-refractivity contribution in [3.05, 3.63) is 29.8 Å². The summed E-state index contributed by atoms with van der Waals surface area (Å²) in [6, 6.07) is 7.82. The van der Waals surface area contributed by atoms with Gasteiger partial charge in [-0.3, -0.25) is 0 Å². The monoisotopic (exact) mass is 263 g/mol. The Morgan fingerprint density at radius 3 is 2.95 bits per heavy atom. The molecule has 2 atom stereocenters. The lowest BCUT2D eigenvalue weighted by molar-refractivity contribution is -0.145. The molecule has 1 aromatic rings. The van der Waals surface area contributed by atoms with Crippen LogP contribution in [0, 0.1) is 6.92 Å². The molecule has 0 saturated heterocycles. The summed E-state index contributed by atoms with van der Waals surface area (Å²) in [7, 11) is 1.65. The van der Waals surface area contributed by atoms with Crippen molar-refractivity contribution in [1.29, 1.82) is 0 Å². The average molecular weight is 263 g/mol. The highest BCUT2D eigenvalue weighted by Gasteiger charge is 2.43. The zero-order chi connectivity index (χ0) is 13.9. The van der Waals surface area contributed by atoms with Crippen molar-refractivity contribution in [1.82, 2.24) is 0 Å². The zero-order valence-electron chi connectivity index (χ0n) is 11.5. The maximum Gasteiger partial charge on any atom is 0.329 e. The van der Waals surface area contributed by atoms with E-state index in [-0.39, 0.29) is 6.10 Å². The van der Waals surface area contributed by atoms with Crippen LogP contribution in [-0.4, -0.2) is 29.8 Å². The van der Waals surface area contributed by atoms with Gasteiger partial charge in [-0.1, -0.05) is 12.1 Å². The van der Waals surface area contributed by atoms with Gasteiger partial charge in [0.05, 0.1) is 6.10 Å². The molecular formula is C15H21NO3. The fourth-order valence-electron chi connectivity index (χ4n) is 2.79. The number of benzene rings is 1. The molecule has 0 aromatic heterocycles. The molecule has 0 amide bonds. The summed E-state index contributed by atoms with van der Waals surface area (Å²) < 4.78 is 5.35. The Morgan fingerprint density at radius 1 is 1.53 bits per heavy atom. The highest BCUT2D eigenvalue weighted by atomic mass is 16.5. The van der Waals surface area contributed by atoms with Crippen molar-refractivity contribution in [3.63, 3.8) is 0 Å². The molecule has 2 rings (SSSR count). The van der Waals surface area contributed by atoms with Gasteiger partial charge in [0.15, 0.2) is 0 Å². The van der Waals surface area contributed by atoms with Gasteiger partial charge in [0.1, 0.15) is 5.54 Å². The van der Waals surface area contributed by atoms with Gasteiger partial charge in [-0.15, -0.1) is 0 Å². The molecule has 0 spiro atoms. The van der Waals surface area contributed by atoms with E-state index < -0.39 is 11.5 Å². The van der Waals surface area contributed by atoms with Gasteiger partial charge in [-0.2, -0.15) is 0 Å². The largest absolute Gasteiger partial charge is 0.480 e. The second-order valence-corrected chi connectivity index (χ2v) is 5.34. The van der Waals surface area contributed by atoms with Crippen LogP contribution in [0.5, 0.6) is 0 Å². The van der Waals surface area contributed by atoms with Gasteiger partial charge in [-0.05, 0) is 43.9 Å². The Kier molecular flexibility index (Phi) is 4.10. The maximum atomic E-state index is 11.7. The number of anilines is 1. The third-order valence-corrected chi connectivity index (χ3v) is 3.85. The molecule has 0 radical (unpaired) electrons. The summed E-state index contributed by atoms with van der Waals surface area (Å²) in [5.41, 5.74) is 1.07. The van der Waals surface area contributed by atoms with Gasteiger partial charge in [0.25, 0.3) is 0 Å². The molecule has 1 fully saturated rings. The van der Waals surface area contributed by atoms with E-state index in [0.29, 0.717) is 12.8 Å². The fraction of sp³-hybridized carbons (Fsp3) is 0.533. The van der Waals surface area contributed by atoms with Crippen LogP contribution >= 0.6 is 0 Å². The van der Waals surface area contributed by atoms with Gasteiger partial charge < -0.3 is 15.2 Å². The second-order valence-electron chi connectivity index (χ2n) is 5.34. The molecule has 0 bridgehead atoms. The summed E-state index contributed by atoms with van der Waals surface area (Å²) in [6.07, 6.45) is 2.95. The van der Waals surface area contributed by atoms with E-state index >= 15 is 0 Å². The molecule has 1 aromatic carbocycles. The van der Waals surface area contributed by atoms with E-state index in [1.54, 1.807) is 7.11 Å². The number of hydrogen-bond acceptors (Lipinski definition) is 3. The van der Waals surface area contributed by atoms with Gasteiger partial charge in [0, 0.05) is 19.2 Å². The van der Waals surface area contributed by atoms with Crippen LogP contribution in [0.15, 0.2) is 24.3 Å². The standard InChI is InChI=1S/C15H21NO3/c1-11-5-3-6-12(9-11)16-15(14(17)18)8-4-7-13(10-15)19-2/h3,5-6,9,13,16H,4,7-8,10H2,1-2H3,(H,17,18). The lowest BCUT2D eigenvalue weighted by atomic mass is 9.79. The molecule has 1 aliphatic rings. The Morgan fingerprint density at radius 2 is 2.32 bits per heavy atom. The van der Waals surface area contributed by atoms with Crippen molar-refractivity contribution in [3.8, 4) is 0 Å². The van der Waals surface area contributed by atoms with Gasteiger partial charge in [0.2, 0.25) is 0 Å². The summed E-state index contributed by atoms with van der Waals surface area (Å²) in [5, 5.41) is 12.8. The van der Waals surface area contributed by atoms with E-state index in [1.807, 2.05) is 31.2 Å². The number of rotatable bonds is 4. The first kappa shape index (κ1) is 13.9. The van der Waals surface area contributed by atoms with Crippen molar-refractivity contribution in [2.45, 2.75) is 44.2 Å². The highest BCUT2D eigenvalue weighted by Crippen LogP contribution is 2.33. The predicted molar refractivity (Wildman–Crippen MR) is 74.4 cm³/mol. The Hall–Kier alpha value is -1.55. The van der Waals surface area contributed by atoms with E-state index in [4.69, 9.17) is 4.74 Å². The minimum absolute atomic E-state index is 0.0159. The average Bonchev–Trinajstić information content (AvgIpc) is 2.38. The maximum absolute atomic E-state index is 11.7. The van der Waals surface area contributed by atoms with Crippen LogP contribution < -0.4 is 5.32 Å². The minimum atomic E-state index is -0.910. The summed E-state index contributed by atoms with van der Waals surface area (Å²) >= 11 is 0.